The molecule has 0 spiro atoms. The van der Waals surface area contributed by atoms with Crippen molar-refractivity contribution in [3.63, 3.8) is 0 Å². The lowest BCUT2D eigenvalue weighted by atomic mass is 10.2. The van der Waals surface area contributed by atoms with Crippen LogP contribution < -0.4 is 0 Å². The second kappa shape index (κ2) is 12.0. The average Bonchev–Trinajstić information content (AvgIpc) is 2.99. The highest BCUT2D eigenvalue weighted by molar-refractivity contribution is 8.00. The van der Waals surface area contributed by atoms with E-state index < -0.39 is 8.01 Å². The van der Waals surface area contributed by atoms with Crippen LogP contribution in [-0.4, -0.2) is 40.7 Å². The van der Waals surface area contributed by atoms with E-state index in [0.29, 0.717) is 0 Å². The van der Waals surface area contributed by atoms with E-state index >= 15 is 0 Å². The molecule has 1 rings (SSSR count). The van der Waals surface area contributed by atoms with Crippen molar-refractivity contribution in [2.45, 2.75) is 65.7 Å². The smallest absolute Gasteiger partial charge is 0.0952 e. The molecule has 118 valence electrons. The summed E-state index contributed by atoms with van der Waals surface area (Å²) in [5, 5.41) is 0. The third-order valence-electron chi connectivity index (χ3n) is 3.49. The minimum atomic E-state index is -0.403. The van der Waals surface area contributed by atoms with Gasteiger partial charge in [0.1, 0.15) is 0 Å². The van der Waals surface area contributed by atoms with Crippen molar-refractivity contribution in [3.8, 4) is 0 Å². The largest absolute Gasteiger partial charge is 0.409 e. The van der Waals surface area contributed by atoms with E-state index in [9.17, 15) is 0 Å². The zero-order valence-electron chi connectivity index (χ0n) is 13.7. The molecule has 0 N–H and O–H groups in total. The van der Waals surface area contributed by atoms with Crippen LogP contribution in [0.3, 0.4) is 0 Å². The normalized spacial score (nSPS) is 17.3. The summed E-state index contributed by atoms with van der Waals surface area (Å²) in [6.07, 6.45) is 9.27. The lowest BCUT2D eigenvalue weighted by Crippen LogP contribution is -2.19. The van der Waals surface area contributed by atoms with Crippen molar-refractivity contribution in [3.05, 3.63) is 0 Å². The van der Waals surface area contributed by atoms with E-state index in [1.807, 2.05) is 11.9 Å². The average molecular weight is 318 g/mol. The first-order valence-electron chi connectivity index (χ1n) is 8.46. The van der Waals surface area contributed by atoms with Crippen LogP contribution in [0.5, 0.6) is 0 Å². The quantitative estimate of drug-likeness (QED) is 0.283. The molecule has 1 unspecified atom stereocenters. The van der Waals surface area contributed by atoms with Gasteiger partial charge < -0.3 is 0 Å². The van der Waals surface area contributed by atoms with Crippen molar-refractivity contribution in [2.75, 3.05) is 31.9 Å². The van der Waals surface area contributed by atoms with Gasteiger partial charge in [0.05, 0.1) is 13.1 Å². The monoisotopic (exact) mass is 318 g/mol. The van der Waals surface area contributed by atoms with Gasteiger partial charge >= 0.3 is 8.01 Å². The van der Waals surface area contributed by atoms with Crippen molar-refractivity contribution in [1.29, 1.82) is 0 Å². The molecule has 0 saturated carbocycles. The third kappa shape index (κ3) is 6.89. The van der Waals surface area contributed by atoms with Crippen molar-refractivity contribution in [2.24, 2.45) is 4.74 Å². The van der Waals surface area contributed by atoms with Gasteiger partial charge in [-0.15, -0.1) is 0 Å². The van der Waals surface area contributed by atoms with Crippen LogP contribution in [0.25, 0.3) is 0 Å². The molecule has 5 heteroatoms. The van der Waals surface area contributed by atoms with Gasteiger partial charge in [0, 0.05) is 18.8 Å². The van der Waals surface area contributed by atoms with E-state index in [-0.39, 0.29) is 0 Å². The molecule has 1 fully saturated rings. The maximum Gasteiger partial charge on any atom is 0.409 e. The molecule has 1 saturated heterocycles. The lowest BCUT2D eigenvalue weighted by Gasteiger charge is -2.14. The summed E-state index contributed by atoms with van der Waals surface area (Å²) in [5.74, 6) is 1.23. The summed E-state index contributed by atoms with van der Waals surface area (Å²) in [4.78, 5) is 0. The van der Waals surface area contributed by atoms with Gasteiger partial charge in [-0.25, -0.2) is 0 Å². The minimum absolute atomic E-state index is 0.403. The van der Waals surface area contributed by atoms with Crippen molar-refractivity contribution < 1.29 is 0 Å². The maximum absolute atomic E-state index is 5.10. The highest BCUT2D eigenvalue weighted by atomic mass is 32.2. The number of hydrogen-bond donors (Lipinski definition) is 0. The number of unbranched alkanes of at least 4 members (excludes halogenated alkanes) is 3. The Hall–Kier alpha value is 0.370. The minimum Gasteiger partial charge on any atom is -0.0952 e. The summed E-state index contributed by atoms with van der Waals surface area (Å²) >= 11 is 2.01. The highest BCUT2D eigenvalue weighted by Gasteiger charge is 2.34. The summed E-state index contributed by atoms with van der Waals surface area (Å²) in [6, 6.07) is 0. The predicted molar refractivity (Wildman–Crippen MR) is 94.3 cm³/mol. The molecule has 0 bridgehead atoms. The van der Waals surface area contributed by atoms with Gasteiger partial charge in [-0.3, -0.25) is 0 Å². The molecule has 1 aliphatic heterocycles. The summed E-state index contributed by atoms with van der Waals surface area (Å²) in [5.41, 5.74) is 0. The Kier molecular flexibility index (Phi) is 11.0. The van der Waals surface area contributed by atoms with Gasteiger partial charge in [-0.2, -0.15) is 0 Å². The molecule has 20 heavy (non-hydrogen) atoms. The van der Waals surface area contributed by atoms with Crippen LogP contribution in [0.1, 0.15) is 65.7 Å². The Labute approximate surface area is 131 Å². The van der Waals surface area contributed by atoms with Crippen LogP contribution >= 0.6 is 20.0 Å². The second-order valence-corrected chi connectivity index (χ2v) is 8.60. The first kappa shape index (κ1) is 18.4. The van der Waals surface area contributed by atoms with Crippen molar-refractivity contribution in [1.82, 2.24) is 8.75 Å². The zero-order chi connectivity index (χ0) is 14.6. The molecule has 0 amide bonds. The lowest BCUT2D eigenvalue weighted by molar-refractivity contribution is 0.536. The van der Waals surface area contributed by atoms with Crippen LogP contribution in [-0.2, 0) is 0 Å². The van der Waals surface area contributed by atoms with Gasteiger partial charge in [-0.05, 0) is 48.6 Å². The third-order valence-corrected chi connectivity index (χ3v) is 7.46. The molecule has 1 atom stereocenters. The van der Waals surface area contributed by atoms with Crippen molar-refractivity contribution >= 4 is 20.0 Å². The zero-order valence-corrected chi connectivity index (χ0v) is 15.4. The molecule has 0 radical (unpaired) electrons. The molecular formula is C15H33N3PS+. The number of hydrogen-bond acceptors (Lipinski definition) is 2. The van der Waals surface area contributed by atoms with E-state index in [2.05, 4.69) is 29.5 Å². The summed E-state index contributed by atoms with van der Waals surface area (Å²) < 4.78 is 10.3. The SMILES string of the molecule is CCCCCCN=[P+](N1CCCC1)N(CC)SCCC. The molecule has 0 aromatic heterocycles. The van der Waals surface area contributed by atoms with Crippen LogP contribution in [0.4, 0.5) is 0 Å². The maximum atomic E-state index is 5.10. The molecule has 1 heterocycles. The van der Waals surface area contributed by atoms with Crippen LogP contribution in [0.2, 0.25) is 0 Å². The summed E-state index contributed by atoms with van der Waals surface area (Å²) in [7, 11) is -0.403. The first-order chi connectivity index (χ1) is 9.83. The van der Waals surface area contributed by atoms with Gasteiger partial charge in [0.15, 0.2) is 0 Å². The first-order valence-corrected chi connectivity index (χ1v) is 10.6. The molecule has 3 nitrogen and oxygen atoms in total. The molecular weight excluding hydrogens is 285 g/mol. The highest BCUT2D eigenvalue weighted by Crippen LogP contribution is 2.43. The fraction of sp³-hybridized carbons (Fsp3) is 1.00. The Bertz CT molecular complexity index is 268. The van der Waals surface area contributed by atoms with Gasteiger partial charge in [0.25, 0.3) is 0 Å². The topological polar surface area (TPSA) is 18.8 Å². The Morgan fingerprint density at radius 1 is 1.05 bits per heavy atom. The van der Waals surface area contributed by atoms with Gasteiger partial charge in [-0.1, -0.05) is 42.5 Å². The molecule has 0 aromatic rings. The number of nitrogens with zero attached hydrogens (tertiary/aromatic N) is 3. The molecule has 0 aliphatic carbocycles. The van der Waals surface area contributed by atoms with E-state index in [0.717, 1.165) is 13.1 Å². The predicted octanol–water partition coefficient (Wildman–Crippen LogP) is 5.54. The van der Waals surface area contributed by atoms with E-state index in [4.69, 9.17) is 4.74 Å². The fourth-order valence-corrected chi connectivity index (χ4v) is 5.86. The Balaban J connectivity index is 2.55. The van der Waals surface area contributed by atoms with Gasteiger partial charge in [0.2, 0.25) is 0 Å². The Morgan fingerprint density at radius 3 is 2.40 bits per heavy atom. The van der Waals surface area contributed by atoms with E-state index in [1.54, 1.807) is 0 Å². The fourth-order valence-electron chi connectivity index (χ4n) is 2.35. The molecule has 0 aromatic carbocycles. The standard InChI is InChI=1S/C15H33N3PS/c1-4-7-8-9-12-16-19(17-13-10-11-14-17)18(6-3)20-15-5-2/h4-15H2,1-3H3/q+1. The van der Waals surface area contributed by atoms with Crippen LogP contribution in [0, 0.1) is 0 Å². The van der Waals surface area contributed by atoms with Crippen LogP contribution in [0.15, 0.2) is 4.74 Å². The second-order valence-electron chi connectivity index (χ2n) is 5.36. The number of rotatable bonds is 11. The Morgan fingerprint density at radius 2 is 1.80 bits per heavy atom. The summed E-state index contributed by atoms with van der Waals surface area (Å²) in [6.45, 7) is 11.5. The molecule has 1 aliphatic rings. The van der Waals surface area contributed by atoms with E-state index in [1.165, 1.54) is 63.8 Å².